The second-order valence-corrected chi connectivity index (χ2v) is 34.2. The van der Waals surface area contributed by atoms with Crippen molar-refractivity contribution in [3.05, 3.63) is 161 Å². The van der Waals surface area contributed by atoms with Crippen LogP contribution >= 0.6 is 0 Å². The Kier molecular flexibility index (Phi) is 47.1. The van der Waals surface area contributed by atoms with E-state index in [2.05, 4.69) is 214 Å². The number of hydrogen-bond acceptors (Lipinski definition) is 15. The molecule has 0 spiro atoms. The summed E-state index contributed by atoms with van der Waals surface area (Å²) in [7, 11) is 1.88. The number of aryl methyl sites for hydroxylation is 5. The van der Waals surface area contributed by atoms with Gasteiger partial charge >= 0.3 is 175 Å². The van der Waals surface area contributed by atoms with Crippen LogP contribution in [0.15, 0.2) is 133 Å². The fourth-order valence-electron chi connectivity index (χ4n) is 15.6. The summed E-state index contributed by atoms with van der Waals surface area (Å²) in [4.78, 5) is 77.9. The number of likely N-dealkylation sites (tertiary alicyclic amines) is 6. The summed E-state index contributed by atoms with van der Waals surface area (Å²) in [5.41, 5.74) is 18.8. The van der Waals surface area contributed by atoms with E-state index in [9.17, 15) is 33.4 Å². The van der Waals surface area contributed by atoms with E-state index in [0.717, 1.165) is 188 Å². The Bertz CT molecular complexity index is 3640. The first-order chi connectivity index (χ1) is 55.9. The van der Waals surface area contributed by atoms with Crippen molar-refractivity contribution in [3.63, 3.8) is 0 Å². The molecule has 0 bridgehead atoms. The Labute approximate surface area is 713 Å². The van der Waals surface area contributed by atoms with Crippen molar-refractivity contribution < 1.29 is 33.4 Å². The van der Waals surface area contributed by atoms with Crippen LogP contribution in [-0.2, 0) is 23.8 Å². The van der Waals surface area contributed by atoms with Crippen LogP contribution in [-0.4, -0.2) is 221 Å². The molecule has 12 rings (SSSR count). The van der Waals surface area contributed by atoms with E-state index in [0.29, 0.717) is 80.4 Å². The Morgan fingerprint density at radius 1 is 0.449 bits per heavy atom. The average molecular weight is 1620 g/mol. The first-order valence-corrected chi connectivity index (χ1v) is 43.9. The Morgan fingerprint density at radius 3 is 1.13 bits per heavy atom. The van der Waals surface area contributed by atoms with Crippen molar-refractivity contribution in [1.29, 1.82) is 0 Å². The van der Waals surface area contributed by atoms with Gasteiger partial charge in [-0.05, 0) is 192 Å². The fraction of sp³-hybridized carbons (Fsp3) is 0.611. The van der Waals surface area contributed by atoms with Crippen molar-refractivity contribution in [2.75, 3.05) is 138 Å². The maximum atomic E-state index is 13.6. The third kappa shape index (κ3) is 38.3. The van der Waals surface area contributed by atoms with Crippen LogP contribution < -0.4 is 42.5 Å². The topological polar surface area (TPSA) is 240 Å². The van der Waals surface area contributed by atoms with Crippen molar-refractivity contribution in [2.45, 2.75) is 256 Å². The van der Waals surface area contributed by atoms with Crippen LogP contribution in [0, 0.1) is 46.5 Å². The summed E-state index contributed by atoms with van der Waals surface area (Å²) in [5.74, 6) is 1.16. The SMILES string of the molecule is C.C.CC(C)=CCN(c1ccc(C)cc1)C1CCN(C(=O)[C@H](CC(C)C)NC(=O)N2CCCCCC2)CC1.Cc1ccc(N)cc1.Cc1ccc(NC2CCN(C(=O)[C@H](CC(C)C)NC(=O)N3CCCCCC3)CC2)cc1.Cc1ccc(NC2CCN(CB=O)CC2)cc1.Cc1ccc(NC2CCNCC2)cc1.O=BCN1CCC(=O)CC1. The number of rotatable bonds is 22. The number of nitrogens with one attached hydrogen (secondary N) is 6. The standard InChI is InChI=1S/C30H48N4O2.C25H40N4O2.C13H19BN2O.C12H18N2.C7H9N.C6H10BNO2.2CH4/c1-23(2)14-21-34(26-12-10-25(5)11-13-26)27-15-19-32(20-16-27)29(35)28(22-24(3)4)31-30(36)33-17-8-6-7-9-18-33;1-19(2)18-23(27-25(31)29-14-6-4-5-7-15-29)24(30)28-16-12-22(13-17-28)26-21-10-8-20(3)9-11-21;1-11-2-4-12(5-3-11)15-13-6-8-16(9-7-13)10-14-17;1-10-2-4-11(5-3-10)14-12-6-8-13-9-7-12;1-6-2-4-7(8)5-3-6;9-6-1-3-8(4-2-6)5-7-10;;/h10-14,24,27-28H,6-9,15-22H2,1-5H3,(H,31,36);8-11,19,22-23,26H,4-7,12-18H2,1-3H3,(H,27,31);2-5,13,15H,6-10H2,1H3;2-5,12-14H,6-9H2,1H3;2-5H,8H2,1H3;1-5H2;2*1H4/t28-;23-;;;;;;/m00....../s1. The fourth-order valence-corrected chi connectivity index (χ4v) is 15.6. The Morgan fingerprint density at radius 2 is 0.780 bits per heavy atom. The molecule has 2 atom stereocenters. The monoisotopic (exact) mass is 1620 g/mol. The van der Waals surface area contributed by atoms with Gasteiger partial charge in [0.25, 0.3) is 0 Å². The molecular formula is C95H152B2N14O7. The molecule has 0 aliphatic carbocycles. The van der Waals surface area contributed by atoms with E-state index in [-0.39, 0.29) is 38.7 Å². The number of carbonyl (C=O) groups excluding carboxylic acids is 5. The predicted molar refractivity (Wildman–Crippen MR) is 493 cm³/mol. The number of nitrogen functional groups attached to an aromatic ring is 1. The van der Waals surface area contributed by atoms with E-state index in [4.69, 9.17) is 5.73 Å². The van der Waals surface area contributed by atoms with Gasteiger partial charge in [0.2, 0.25) is 11.8 Å². The minimum atomic E-state index is -0.448. The number of nitrogens with two attached hydrogens (primary N) is 1. The van der Waals surface area contributed by atoms with Crippen LogP contribution in [0.5, 0.6) is 0 Å². The quantitative estimate of drug-likeness (QED) is 0.0194. The van der Waals surface area contributed by atoms with Gasteiger partial charge in [-0.15, -0.1) is 0 Å². The Balaban J connectivity index is 0.000000271. The molecule has 650 valence electrons. The summed E-state index contributed by atoms with van der Waals surface area (Å²) in [5, 5.41) is 20.3. The van der Waals surface area contributed by atoms with E-state index in [1.807, 2.05) is 55.7 Å². The molecule has 7 fully saturated rings. The summed E-state index contributed by atoms with van der Waals surface area (Å²) in [6.07, 6.45) is 23.3. The molecule has 0 saturated carbocycles. The normalized spacial score (nSPS) is 17.6. The minimum absolute atomic E-state index is 0. The average Bonchev–Trinajstić information content (AvgIpc) is 0.825. The number of nitrogens with zero attached hydrogens (tertiary/aromatic N) is 7. The van der Waals surface area contributed by atoms with Crippen LogP contribution in [0.1, 0.15) is 213 Å². The third-order valence-electron chi connectivity index (χ3n) is 22.8. The summed E-state index contributed by atoms with van der Waals surface area (Å²) < 4.78 is 20.4. The molecule has 7 heterocycles. The molecule has 5 aromatic rings. The van der Waals surface area contributed by atoms with Crippen molar-refractivity contribution in [1.82, 2.24) is 45.3 Å². The number of carbonyl (C=O) groups is 5. The molecule has 23 heteroatoms. The zero-order valence-corrected chi connectivity index (χ0v) is 72.6. The van der Waals surface area contributed by atoms with Crippen molar-refractivity contribution >= 4 is 72.4 Å². The van der Waals surface area contributed by atoms with E-state index < -0.39 is 12.1 Å². The number of urea groups is 2. The van der Waals surface area contributed by atoms with Gasteiger partial charge in [-0.1, -0.05) is 151 Å². The van der Waals surface area contributed by atoms with E-state index >= 15 is 0 Å². The molecule has 21 nitrogen and oxygen atoms in total. The van der Waals surface area contributed by atoms with Crippen LogP contribution in [0.25, 0.3) is 0 Å². The molecule has 7 aliphatic heterocycles. The number of anilines is 5. The zero-order chi connectivity index (χ0) is 83.6. The molecule has 0 unspecified atom stereocenters. The molecule has 0 radical (unpaired) electrons. The van der Waals surface area contributed by atoms with E-state index in [1.54, 1.807) is 0 Å². The van der Waals surface area contributed by atoms with E-state index in [1.165, 1.54) is 89.0 Å². The third-order valence-corrected chi connectivity index (χ3v) is 22.8. The van der Waals surface area contributed by atoms with Gasteiger partial charge in [-0.3, -0.25) is 9.59 Å². The van der Waals surface area contributed by atoms with Gasteiger partial charge in [0, 0.05) is 99.8 Å². The first kappa shape index (κ1) is 100. The summed E-state index contributed by atoms with van der Waals surface area (Å²) in [6, 6.07) is 43.1. The molecule has 118 heavy (non-hydrogen) atoms. The molecule has 7 saturated heterocycles. The number of ketones is 1. The number of hydrogen-bond donors (Lipinski definition) is 7. The second-order valence-electron chi connectivity index (χ2n) is 34.2. The number of allylic oxidation sites excluding steroid dienone is 1. The predicted octanol–water partition coefficient (Wildman–Crippen LogP) is 16.7. The van der Waals surface area contributed by atoms with Gasteiger partial charge in [0.05, 0.1) is 0 Å². The summed E-state index contributed by atoms with van der Waals surface area (Å²) >= 11 is 0. The Hall–Kier alpha value is -8.40. The van der Waals surface area contributed by atoms with Crippen LogP contribution in [0.2, 0.25) is 0 Å². The van der Waals surface area contributed by atoms with Crippen LogP contribution in [0.4, 0.5) is 38.0 Å². The molecular weight excluding hydrogens is 1470 g/mol. The molecule has 5 aromatic carbocycles. The van der Waals surface area contributed by atoms with Crippen molar-refractivity contribution in [3.8, 4) is 0 Å². The first-order valence-electron chi connectivity index (χ1n) is 43.9. The van der Waals surface area contributed by atoms with Gasteiger partial charge in [0.15, 0.2) is 0 Å². The zero-order valence-electron chi connectivity index (χ0n) is 72.6. The van der Waals surface area contributed by atoms with Crippen molar-refractivity contribution in [2.24, 2.45) is 11.8 Å². The molecule has 0 aromatic heterocycles. The van der Waals surface area contributed by atoms with Gasteiger partial charge in [-0.2, -0.15) is 0 Å². The summed E-state index contributed by atoms with van der Waals surface area (Å²) in [6.45, 7) is 36.0. The number of amides is 6. The number of piperidine rings is 5. The second kappa shape index (κ2) is 55.4. The van der Waals surface area contributed by atoms with Crippen LogP contribution in [0.3, 0.4) is 0 Å². The maximum absolute atomic E-state index is 13.6. The van der Waals surface area contributed by atoms with Gasteiger partial charge < -0.3 is 56.8 Å². The number of benzene rings is 5. The molecule has 7 aliphatic rings. The van der Waals surface area contributed by atoms with Gasteiger partial charge in [-0.25, -0.2) is 9.59 Å². The molecule has 6 amide bonds. The molecule has 8 N–H and O–H groups in total. The van der Waals surface area contributed by atoms with Gasteiger partial charge in [0.1, 0.15) is 12.1 Å². The number of Topliss-reactive ketones (excluding diaryl/α,β-unsaturated/α-hetero) is 1.